The number of hydrogen-bond acceptors (Lipinski definition) is 2. The zero-order valence-corrected chi connectivity index (χ0v) is 10.6. The van der Waals surface area contributed by atoms with Crippen LogP contribution in [0.1, 0.15) is 42.3 Å². The topological polar surface area (TPSA) is 26.3 Å². The van der Waals surface area contributed by atoms with Crippen LogP contribution in [0.25, 0.3) is 6.08 Å². The Hall–Kier alpha value is -1.64. The van der Waals surface area contributed by atoms with Crippen molar-refractivity contribution in [2.24, 2.45) is 0 Å². The van der Waals surface area contributed by atoms with Crippen molar-refractivity contribution in [1.29, 1.82) is 0 Å². The molecule has 0 aliphatic rings. The van der Waals surface area contributed by atoms with Crippen LogP contribution in [0.3, 0.4) is 0 Å². The molecule has 17 heavy (non-hydrogen) atoms. The van der Waals surface area contributed by atoms with Gasteiger partial charge >= 0.3 is 5.97 Å². The number of esters is 1. The van der Waals surface area contributed by atoms with Crippen molar-refractivity contribution in [2.45, 2.75) is 33.3 Å². The minimum absolute atomic E-state index is 0.00877. The fourth-order valence-electron chi connectivity index (χ4n) is 1.48. The Morgan fingerprint density at radius 2 is 2.00 bits per heavy atom. The van der Waals surface area contributed by atoms with Gasteiger partial charge < -0.3 is 4.74 Å². The summed E-state index contributed by atoms with van der Waals surface area (Å²) in [7, 11) is 0. The molecular formula is C14H17FO2. The fraction of sp³-hybridized carbons (Fsp3) is 0.357. The van der Waals surface area contributed by atoms with E-state index >= 15 is 0 Å². The third-order valence-corrected chi connectivity index (χ3v) is 2.15. The summed E-state index contributed by atoms with van der Waals surface area (Å²) in [4.78, 5) is 11.8. The zero-order chi connectivity index (χ0) is 13.2. The number of carbonyl (C=O) groups excluding carboxylic acids is 1. The van der Waals surface area contributed by atoms with E-state index in [2.05, 4.69) is 6.58 Å². The normalized spacial score (nSPS) is 11.1. The van der Waals surface area contributed by atoms with Crippen LogP contribution in [0.4, 0.5) is 4.39 Å². The van der Waals surface area contributed by atoms with E-state index in [9.17, 15) is 9.18 Å². The van der Waals surface area contributed by atoms with Crippen LogP contribution in [-0.4, -0.2) is 11.6 Å². The maximum atomic E-state index is 13.8. The second-order valence-electron chi connectivity index (χ2n) is 4.90. The summed E-state index contributed by atoms with van der Waals surface area (Å²) in [5.74, 6) is -1.21. The predicted octanol–water partition coefficient (Wildman–Crippen LogP) is 3.73. The standard InChI is InChI=1S/C14H17FO2/c1-6-10-7-9(2)12(11(15)8-10)13(16)17-14(3,4)5/h6-8H,1H2,2-5H3. The maximum Gasteiger partial charge on any atom is 0.341 e. The molecule has 0 unspecified atom stereocenters. The molecule has 0 spiro atoms. The van der Waals surface area contributed by atoms with Gasteiger partial charge in [0.25, 0.3) is 0 Å². The highest BCUT2D eigenvalue weighted by Crippen LogP contribution is 2.20. The number of aryl methyl sites for hydroxylation is 1. The van der Waals surface area contributed by atoms with E-state index in [4.69, 9.17) is 4.74 Å². The van der Waals surface area contributed by atoms with E-state index < -0.39 is 17.4 Å². The van der Waals surface area contributed by atoms with E-state index in [1.54, 1.807) is 33.8 Å². The molecule has 0 bridgehead atoms. The van der Waals surface area contributed by atoms with E-state index in [1.807, 2.05) is 0 Å². The first kappa shape index (κ1) is 13.4. The van der Waals surface area contributed by atoms with Crippen molar-refractivity contribution < 1.29 is 13.9 Å². The third-order valence-electron chi connectivity index (χ3n) is 2.15. The highest BCUT2D eigenvalue weighted by Gasteiger charge is 2.22. The second-order valence-corrected chi connectivity index (χ2v) is 4.90. The van der Waals surface area contributed by atoms with Gasteiger partial charge in [0.15, 0.2) is 0 Å². The first-order valence-electron chi connectivity index (χ1n) is 5.40. The van der Waals surface area contributed by atoms with Crippen LogP contribution < -0.4 is 0 Å². The summed E-state index contributed by atoms with van der Waals surface area (Å²) >= 11 is 0. The molecule has 0 amide bonds. The highest BCUT2D eigenvalue weighted by atomic mass is 19.1. The largest absolute Gasteiger partial charge is 0.456 e. The summed E-state index contributed by atoms with van der Waals surface area (Å²) in [5, 5.41) is 0. The lowest BCUT2D eigenvalue weighted by Crippen LogP contribution is -2.25. The van der Waals surface area contributed by atoms with Crippen LogP contribution in [0.15, 0.2) is 18.7 Å². The number of carbonyl (C=O) groups is 1. The van der Waals surface area contributed by atoms with Crippen LogP contribution >= 0.6 is 0 Å². The van der Waals surface area contributed by atoms with Gasteiger partial charge in [-0.25, -0.2) is 9.18 Å². The van der Waals surface area contributed by atoms with Gasteiger partial charge in [-0.2, -0.15) is 0 Å². The van der Waals surface area contributed by atoms with Crippen LogP contribution in [0.2, 0.25) is 0 Å². The second kappa shape index (κ2) is 4.70. The molecule has 92 valence electrons. The van der Waals surface area contributed by atoms with Crippen molar-refractivity contribution in [3.63, 3.8) is 0 Å². The molecule has 1 aromatic carbocycles. The number of ether oxygens (including phenoxy) is 1. The third kappa shape index (κ3) is 3.41. The van der Waals surface area contributed by atoms with Gasteiger partial charge in [-0.3, -0.25) is 0 Å². The molecule has 1 aromatic rings. The van der Waals surface area contributed by atoms with Crippen molar-refractivity contribution in [3.8, 4) is 0 Å². The molecule has 0 atom stereocenters. The number of halogens is 1. The summed E-state index contributed by atoms with van der Waals surface area (Å²) < 4.78 is 18.9. The van der Waals surface area contributed by atoms with Gasteiger partial charge in [-0.15, -0.1) is 0 Å². The Morgan fingerprint density at radius 3 is 2.41 bits per heavy atom. The van der Waals surface area contributed by atoms with Crippen LogP contribution in [-0.2, 0) is 4.74 Å². The first-order chi connectivity index (χ1) is 7.74. The molecule has 0 aliphatic heterocycles. The van der Waals surface area contributed by atoms with E-state index in [0.717, 1.165) is 0 Å². The van der Waals surface area contributed by atoms with Crippen molar-refractivity contribution in [1.82, 2.24) is 0 Å². The lowest BCUT2D eigenvalue weighted by molar-refractivity contribution is 0.00639. The molecule has 0 fully saturated rings. The van der Waals surface area contributed by atoms with E-state index in [-0.39, 0.29) is 5.56 Å². The summed E-state index contributed by atoms with van der Waals surface area (Å²) in [5.41, 5.74) is 0.555. The predicted molar refractivity (Wildman–Crippen MR) is 66.4 cm³/mol. The molecule has 0 saturated carbocycles. The summed E-state index contributed by atoms with van der Waals surface area (Å²) in [6.07, 6.45) is 1.54. The van der Waals surface area contributed by atoms with Gasteiger partial charge in [-0.1, -0.05) is 18.7 Å². The van der Waals surface area contributed by atoms with Gasteiger partial charge in [0.05, 0.1) is 5.56 Å². The molecule has 0 radical (unpaired) electrons. The first-order valence-corrected chi connectivity index (χ1v) is 5.40. The molecule has 0 saturated heterocycles. The molecule has 1 rings (SSSR count). The van der Waals surface area contributed by atoms with Gasteiger partial charge in [0.1, 0.15) is 11.4 Å². The van der Waals surface area contributed by atoms with Crippen molar-refractivity contribution in [3.05, 3.63) is 41.2 Å². The summed E-state index contributed by atoms with van der Waals surface area (Å²) in [6, 6.07) is 2.98. The van der Waals surface area contributed by atoms with Crippen molar-refractivity contribution in [2.75, 3.05) is 0 Å². The van der Waals surface area contributed by atoms with E-state index in [1.165, 1.54) is 12.1 Å². The Morgan fingerprint density at radius 1 is 1.41 bits per heavy atom. The molecule has 0 aromatic heterocycles. The van der Waals surface area contributed by atoms with Gasteiger partial charge in [-0.05, 0) is 44.9 Å². The number of hydrogen-bond donors (Lipinski definition) is 0. The van der Waals surface area contributed by atoms with Crippen LogP contribution in [0, 0.1) is 12.7 Å². The maximum absolute atomic E-state index is 13.8. The lowest BCUT2D eigenvalue weighted by Gasteiger charge is -2.20. The van der Waals surface area contributed by atoms with E-state index in [0.29, 0.717) is 11.1 Å². The van der Waals surface area contributed by atoms with Gasteiger partial charge in [0, 0.05) is 0 Å². The minimum atomic E-state index is -0.636. The Balaban J connectivity index is 3.15. The van der Waals surface area contributed by atoms with Crippen LogP contribution in [0.5, 0.6) is 0 Å². The Bertz CT molecular complexity index is 433. The molecule has 3 heteroatoms. The van der Waals surface area contributed by atoms with Gasteiger partial charge in [0.2, 0.25) is 0 Å². The Kier molecular flexibility index (Phi) is 3.71. The highest BCUT2D eigenvalue weighted by molar-refractivity contribution is 5.92. The molecule has 0 heterocycles. The minimum Gasteiger partial charge on any atom is -0.456 e. The average Bonchev–Trinajstić information content (AvgIpc) is 2.13. The average molecular weight is 236 g/mol. The quantitative estimate of drug-likeness (QED) is 0.731. The SMILES string of the molecule is C=Cc1cc(C)c(C(=O)OC(C)(C)C)c(F)c1. The fourth-order valence-corrected chi connectivity index (χ4v) is 1.48. The Labute approximate surface area is 101 Å². The lowest BCUT2D eigenvalue weighted by atomic mass is 10.0. The summed E-state index contributed by atoms with van der Waals surface area (Å²) in [6.45, 7) is 10.5. The molecular weight excluding hydrogens is 219 g/mol. The molecule has 0 N–H and O–H groups in total. The monoisotopic (exact) mass is 236 g/mol. The number of benzene rings is 1. The molecule has 2 nitrogen and oxygen atoms in total. The molecule has 0 aliphatic carbocycles. The number of rotatable bonds is 2. The smallest absolute Gasteiger partial charge is 0.341 e. The zero-order valence-electron chi connectivity index (χ0n) is 10.6. The van der Waals surface area contributed by atoms with Crippen molar-refractivity contribution >= 4 is 12.0 Å².